The van der Waals surface area contributed by atoms with Gasteiger partial charge < -0.3 is 10.2 Å². The molecule has 7 nitrogen and oxygen atoms in total. The lowest BCUT2D eigenvalue weighted by atomic mass is 9.73. The van der Waals surface area contributed by atoms with Gasteiger partial charge in [0.15, 0.2) is 11.6 Å². The first-order chi connectivity index (χ1) is 14.8. The largest absolute Gasteiger partial charge is 0.378 e. The first-order valence-corrected chi connectivity index (χ1v) is 10.5. The van der Waals surface area contributed by atoms with E-state index in [2.05, 4.69) is 29.0 Å². The number of fused-ring (bicyclic) bond motifs is 1. The molecule has 1 aromatic carbocycles. The van der Waals surface area contributed by atoms with Crippen molar-refractivity contribution < 1.29 is 4.79 Å². The Kier molecular flexibility index (Phi) is 4.43. The quantitative estimate of drug-likeness (QED) is 0.696. The highest BCUT2D eigenvalue weighted by Gasteiger charge is 2.42. The van der Waals surface area contributed by atoms with Crippen molar-refractivity contribution in [1.29, 1.82) is 0 Å². The van der Waals surface area contributed by atoms with Crippen LogP contribution in [0.1, 0.15) is 38.4 Å². The summed E-state index contributed by atoms with van der Waals surface area (Å²) in [7, 11) is 4.03. The van der Waals surface area contributed by atoms with E-state index in [0.717, 1.165) is 34.6 Å². The van der Waals surface area contributed by atoms with Crippen molar-refractivity contribution in [3.8, 4) is 11.4 Å². The average Bonchev–Trinajstić information content (AvgIpc) is 3.15. The molecule has 0 radical (unpaired) electrons. The Hall–Kier alpha value is -3.48. The van der Waals surface area contributed by atoms with Crippen molar-refractivity contribution in [1.82, 2.24) is 19.7 Å². The molecule has 2 aromatic heterocycles. The lowest BCUT2D eigenvalue weighted by Gasteiger charge is -2.37. The topological polar surface area (TPSA) is 75.9 Å². The van der Waals surface area contributed by atoms with Crippen LogP contribution in [0.2, 0.25) is 0 Å². The van der Waals surface area contributed by atoms with E-state index in [9.17, 15) is 4.79 Å². The Morgan fingerprint density at radius 3 is 2.55 bits per heavy atom. The Balaban J connectivity index is 1.62. The van der Waals surface area contributed by atoms with Gasteiger partial charge >= 0.3 is 0 Å². The number of nitrogens with zero attached hydrogens (tertiary/aromatic N) is 5. The number of aromatic nitrogens is 4. The summed E-state index contributed by atoms with van der Waals surface area (Å²) in [6.45, 7) is 4.26. The zero-order chi connectivity index (χ0) is 21.8. The summed E-state index contributed by atoms with van der Waals surface area (Å²) in [6.07, 6.45) is 3.06. The number of ketones is 1. The SMILES string of the molecule is CN(C)c1ccc(-c2nc3n(n2)C(c2ccccn2)C2=C(CC(C)(C)CC2=O)N3)cc1. The number of allylic oxidation sites excluding steroid dienone is 2. The van der Waals surface area contributed by atoms with Crippen LogP contribution >= 0.6 is 0 Å². The summed E-state index contributed by atoms with van der Waals surface area (Å²) in [5.41, 5.74) is 4.44. The standard InChI is InChI=1S/C24H26N6O/c1-24(2)13-18-20(19(31)14-24)21(17-7-5-6-12-25-17)30-23(26-18)27-22(28-30)15-8-10-16(11-9-15)29(3)4/h5-12,21H,13-14H2,1-4H3,(H,26,27,28). The number of anilines is 2. The first-order valence-electron chi connectivity index (χ1n) is 10.5. The number of nitrogens with one attached hydrogen (secondary N) is 1. The molecule has 7 heteroatoms. The smallest absolute Gasteiger partial charge is 0.226 e. The molecule has 0 amide bonds. The zero-order valence-corrected chi connectivity index (χ0v) is 18.3. The molecule has 1 N–H and O–H groups in total. The van der Waals surface area contributed by atoms with Crippen molar-refractivity contribution >= 4 is 17.4 Å². The molecule has 31 heavy (non-hydrogen) atoms. The molecule has 1 atom stereocenters. The number of carbonyl (C=O) groups excluding carboxylic acids is 1. The number of carbonyl (C=O) groups is 1. The molecule has 3 aromatic rings. The second kappa shape index (κ2) is 7.04. The maximum atomic E-state index is 13.2. The van der Waals surface area contributed by atoms with Gasteiger partial charge in [0.25, 0.3) is 0 Å². The molecule has 158 valence electrons. The molecule has 1 aliphatic heterocycles. The van der Waals surface area contributed by atoms with E-state index >= 15 is 0 Å². The van der Waals surface area contributed by atoms with Gasteiger partial charge in [0.05, 0.1) is 5.69 Å². The van der Waals surface area contributed by atoms with Gasteiger partial charge in [-0.15, -0.1) is 5.10 Å². The van der Waals surface area contributed by atoms with E-state index < -0.39 is 0 Å². The molecule has 1 aliphatic carbocycles. The summed E-state index contributed by atoms with van der Waals surface area (Å²) in [5.74, 6) is 1.42. The highest BCUT2D eigenvalue weighted by atomic mass is 16.1. The van der Waals surface area contributed by atoms with Crippen molar-refractivity contribution in [2.24, 2.45) is 5.41 Å². The van der Waals surface area contributed by atoms with Crippen LogP contribution in [-0.2, 0) is 4.79 Å². The summed E-state index contributed by atoms with van der Waals surface area (Å²) in [6, 6.07) is 13.5. The zero-order valence-electron chi connectivity index (χ0n) is 18.3. The Morgan fingerprint density at radius 1 is 1.10 bits per heavy atom. The summed E-state index contributed by atoms with van der Waals surface area (Å²) in [4.78, 5) is 24.6. The van der Waals surface area contributed by atoms with Gasteiger partial charge in [-0.3, -0.25) is 9.78 Å². The molecule has 1 unspecified atom stereocenters. The van der Waals surface area contributed by atoms with Crippen LogP contribution in [0.4, 0.5) is 11.6 Å². The number of hydrogen-bond donors (Lipinski definition) is 1. The highest BCUT2D eigenvalue weighted by Crippen LogP contribution is 2.45. The maximum absolute atomic E-state index is 13.2. The van der Waals surface area contributed by atoms with Gasteiger partial charge in [0, 0.05) is 49.2 Å². The third kappa shape index (κ3) is 3.40. The van der Waals surface area contributed by atoms with Gasteiger partial charge in [-0.2, -0.15) is 4.98 Å². The summed E-state index contributed by atoms with van der Waals surface area (Å²) >= 11 is 0. The fourth-order valence-electron chi connectivity index (χ4n) is 4.45. The van der Waals surface area contributed by atoms with Gasteiger partial charge in [-0.05, 0) is 48.2 Å². The van der Waals surface area contributed by atoms with Crippen LogP contribution in [0.5, 0.6) is 0 Å². The van der Waals surface area contributed by atoms with Gasteiger partial charge in [-0.25, -0.2) is 4.68 Å². The first kappa shape index (κ1) is 19.5. The van der Waals surface area contributed by atoms with Crippen LogP contribution < -0.4 is 10.2 Å². The van der Waals surface area contributed by atoms with E-state index in [-0.39, 0.29) is 17.2 Å². The van der Waals surface area contributed by atoms with Crippen molar-refractivity contribution in [2.45, 2.75) is 32.7 Å². The lowest BCUT2D eigenvalue weighted by Crippen LogP contribution is -2.36. The Labute approximate surface area is 181 Å². The molecule has 0 saturated carbocycles. The number of benzene rings is 1. The predicted octanol–water partition coefficient (Wildman–Crippen LogP) is 4.06. The predicted molar refractivity (Wildman–Crippen MR) is 121 cm³/mol. The van der Waals surface area contributed by atoms with Gasteiger partial charge in [-0.1, -0.05) is 19.9 Å². The van der Waals surface area contributed by atoms with E-state index in [1.807, 2.05) is 61.2 Å². The molecular weight excluding hydrogens is 388 g/mol. The molecule has 0 bridgehead atoms. The van der Waals surface area contributed by atoms with Crippen LogP contribution in [0.15, 0.2) is 59.9 Å². The van der Waals surface area contributed by atoms with E-state index in [1.165, 1.54) is 0 Å². The fraction of sp³-hybridized carbons (Fsp3) is 0.333. The number of Topliss-reactive ketones (excluding diaryl/α,β-unsaturated/α-hetero) is 1. The van der Waals surface area contributed by atoms with Gasteiger partial charge in [0.1, 0.15) is 6.04 Å². The lowest BCUT2D eigenvalue weighted by molar-refractivity contribution is -0.118. The van der Waals surface area contributed by atoms with Crippen LogP contribution in [0.25, 0.3) is 11.4 Å². The van der Waals surface area contributed by atoms with Crippen molar-refractivity contribution in [3.63, 3.8) is 0 Å². The minimum absolute atomic E-state index is 0.0926. The molecular formula is C24H26N6O. The summed E-state index contributed by atoms with van der Waals surface area (Å²) < 4.78 is 1.81. The van der Waals surface area contributed by atoms with Crippen molar-refractivity contribution in [2.75, 3.05) is 24.3 Å². The van der Waals surface area contributed by atoms with Crippen LogP contribution in [-0.4, -0.2) is 39.6 Å². The minimum atomic E-state index is -0.377. The molecule has 0 spiro atoms. The number of pyridine rings is 1. The second-order valence-corrected chi connectivity index (χ2v) is 9.26. The Bertz CT molecular complexity index is 1170. The van der Waals surface area contributed by atoms with Crippen molar-refractivity contribution in [3.05, 3.63) is 65.6 Å². The molecule has 2 aliphatic rings. The third-order valence-corrected chi connectivity index (χ3v) is 5.94. The minimum Gasteiger partial charge on any atom is -0.378 e. The average molecular weight is 415 g/mol. The maximum Gasteiger partial charge on any atom is 0.226 e. The molecule has 3 heterocycles. The fourth-order valence-corrected chi connectivity index (χ4v) is 4.45. The van der Waals surface area contributed by atoms with Gasteiger partial charge in [0.2, 0.25) is 5.95 Å². The molecule has 5 rings (SSSR count). The summed E-state index contributed by atoms with van der Waals surface area (Å²) in [5, 5.41) is 8.23. The monoisotopic (exact) mass is 414 g/mol. The molecule has 0 fully saturated rings. The number of hydrogen-bond acceptors (Lipinski definition) is 6. The van der Waals surface area contributed by atoms with E-state index in [1.54, 1.807) is 6.20 Å². The highest BCUT2D eigenvalue weighted by molar-refractivity contribution is 6.00. The molecule has 0 saturated heterocycles. The second-order valence-electron chi connectivity index (χ2n) is 9.26. The van der Waals surface area contributed by atoms with Crippen LogP contribution in [0, 0.1) is 5.41 Å². The van der Waals surface area contributed by atoms with E-state index in [4.69, 9.17) is 10.1 Å². The normalized spacial score (nSPS) is 19.5. The Morgan fingerprint density at radius 2 is 1.87 bits per heavy atom. The van der Waals surface area contributed by atoms with E-state index in [0.29, 0.717) is 18.2 Å². The number of rotatable bonds is 3. The van der Waals surface area contributed by atoms with Crippen LogP contribution in [0.3, 0.4) is 0 Å². The third-order valence-electron chi connectivity index (χ3n) is 5.94.